The Morgan fingerprint density at radius 3 is 2.58 bits per heavy atom. The predicted octanol–water partition coefficient (Wildman–Crippen LogP) is 3.92. The maximum absolute atomic E-state index is 11.9. The first-order chi connectivity index (χ1) is 12.5. The van der Waals surface area contributed by atoms with Gasteiger partial charge in [-0.25, -0.2) is 9.78 Å². The number of fused-ring (bicyclic) bond motifs is 1. The van der Waals surface area contributed by atoms with Crippen molar-refractivity contribution in [2.45, 2.75) is 13.5 Å². The summed E-state index contributed by atoms with van der Waals surface area (Å²) in [4.78, 5) is 18.4. The van der Waals surface area contributed by atoms with E-state index < -0.39 is 5.97 Å². The first-order valence-electron chi connectivity index (χ1n) is 8.39. The van der Waals surface area contributed by atoms with Crippen LogP contribution >= 0.6 is 0 Å². The standard InChI is InChI=1S/C21H19N3O2/c1-3-24(2)13-17-16-11-14(12-22)9-10-18(16)23-20(21(25)26)19(17)15-7-5-4-6-8-15/h4-11H,3,13H2,1-2H3,(H,25,26). The zero-order valence-electron chi connectivity index (χ0n) is 14.7. The van der Waals surface area contributed by atoms with Crippen molar-refractivity contribution in [1.82, 2.24) is 9.88 Å². The normalized spacial score (nSPS) is 10.8. The Morgan fingerprint density at radius 2 is 1.96 bits per heavy atom. The van der Waals surface area contributed by atoms with Gasteiger partial charge in [-0.05, 0) is 42.9 Å². The van der Waals surface area contributed by atoms with Gasteiger partial charge in [-0.15, -0.1) is 0 Å². The lowest BCUT2D eigenvalue weighted by molar-refractivity contribution is 0.0691. The highest BCUT2D eigenvalue weighted by atomic mass is 16.4. The van der Waals surface area contributed by atoms with Gasteiger partial charge in [-0.2, -0.15) is 5.26 Å². The molecule has 0 radical (unpaired) electrons. The van der Waals surface area contributed by atoms with Crippen molar-refractivity contribution < 1.29 is 9.90 Å². The number of nitrogens with zero attached hydrogens (tertiary/aromatic N) is 3. The van der Waals surface area contributed by atoms with E-state index in [4.69, 9.17) is 0 Å². The second-order valence-electron chi connectivity index (χ2n) is 6.16. The molecule has 0 aliphatic carbocycles. The molecule has 0 aliphatic heterocycles. The number of hydrogen-bond donors (Lipinski definition) is 1. The lowest BCUT2D eigenvalue weighted by atomic mass is 9.93. The Morgan fingerprint density at radius 1 is 1.23 bits per heavy atom. The minimum Gasteiger partial charge on any atom is -0.476 e. The van der Waals surface area contributed by atoms with Gasteiger partial charge < -0.3 is 10.0 Å². The van der Waals surface area contributed by atoms with Crippen LogP contribution < -0.4 is 0 Å². The first-order valence-corrected chi connectivity index (χ1v) is 8.39. The third-order valence-corrected chi connectivity index (χ3v) is 4.45. The number of rotatable bonds is 5. The van der Waals surface area contributed by atoms with Crippen LogP contribution in [-0.2, 0) is 6.54 Å². The molecule has 5 nitrogen and oxygen atoms in total. The highest BCUT2D eigenvalue weighted by Gasteiger charge is 2.22. The highest BCUT2D eigenvalue weighted by molar-refractivity contribution is 6.01. The molecule has 0 spiro atoms. The van der Waals surface area contributed by atoms with Crippen LogP contribution in [0.25, 0.3) is 22.0 Å². The van der Waals surface area contributed by atoms with E-state index in [1.165, 1.54) is 0 Å². The summed E-state index contributed by atoms with van der Waals surface area (Å²) in [7, 11) is 1.98. The van der Waals surface area contributed by atoms with E-state index in [1.54, 1.807) is 18.2 Å². The third kappa shape index (κ3) is 3.28. The van der Waals surface area contributed by atoms with Crippen LogP contribution in [0.2, 0.25) is 0 Å². The smallest absolute Gasteiger partial charge is 0.355 e. The fourth-order valence-corrected chi connectivity index (χ4v) is 3.02. The number of pyridine rings is 1. The quantitative estimate of drug-likeness (QED) is 0.758. The molecule has 5 heteroatoms. The largest absolute Gasteiger partial charge is 0.476 e. The van der Waals surface area contributed by atoms with Crippen LogP contribution in [-0.4, -0.2) is 34.6 Å². The number of aromatic carboxylic acids is 1. The summed E-state index contributed by atoms with van der Waals surface area (Å²) in [6, 6.07) is 16.7. The Kier molecular flexibility index (Phi) is 4.97. The topological polar surface area (TPSA) is 77.2 Å². The summed E-state index contributed by atoms with van der Waals surface area (Å²) >= 11 is 0. The van der Waals surface area contributed by atoms with Crippen LogP contribution in [0.5, 0.6) is 0 Å². The maximum Gasteiger partial charge on any atom is 0.355 e. The number of carboxylic acids is 1. The summed E-state index contributed by atoms with van der Waals surface area (Å²) in [5, 5.41) is 19.9. The van der Waals surface area contributed by atoms with E-state index in [-0.39, 0.29) is 5.69 Å². The third-order valence-electron chi connectivity index (χ3n) is 4.45. The molecule has 0 aliphatic rings. The fraction of sp³-hybridized carbons (Fsp3) is 0.190. The molecule has 0 fully saturated rings. The summed E-state index contributed by atoms with van der Waals surface area (Å²) in [6.07, 6.45) is 0. The van der Waals surface area contributed by atoms with Gasteiger partial charge in [-0.3, -0.25) is 0 Å². The van der Waals surface area contributed by atoms with E-state index in [2.05, 4.69) is 16.0 Å². The van der Waals surface area contributed by atoms with Crippen molar-refractivity contribution in [1.29, 1.82) is 5.26 Å². The fourth-order valence-electron chi connectivity index (χ4n) is 3.02. The molecule has 26 heavy (non-hydrogen) atoms. The van der Waals surface area contributed by atoms with E-state index in [0.29, 0.717) is 23.2 Å². The summed E-state index contributed by atoms with van der Waals surface area (Å²) in [6.45, 7) is 3.43. The van der Waals surface area contributed by atoms with Crippen molar-refractivity contribution in [3.63, 3.8) is 0 Å². The molecule has 0 unspecified atom stereocenters. The molecule has 2 aromatic carbocycles. The summed E-state index contributed by atoms with van der Waals surface area (Å²) < 4.78 is 0. The molecule has 0 bridgehead atoms. The van der Waals surface area contributed by atoms with Crippen LogP contribution in [0.4, 0.5) is 0 Å². The minimum atomic E-state index is -1.06. The monoisotopic (exact) mass is 345 g/mol. The van der Waals surface area contributed by atoms with Gasteiger partial charge in [0.1, 0.15) is 0 Å². The van der Waals surface area contributed by atoms with Crippen LogP contribution in [0, 0.1) is 11.3 Å². The van der Waals surface area contributed by atoms with Gasteiger partial charge in [0.2, 0.25) is 0 Å². The Balaban J connectivity index is 2.43. The van der Waals surface area contributed by atoms with Crippen molar-refractivity contribution in [2.24, 2.45) is 0 Å². The SMILES string of the molecule is CCN(C)Cc1c(-c2ccccc2)c(C(=O)O)nc2ccc(C#N)cc12. The van der Waals surface area contributed by atoms with Crippen LogP contribution in [0.1, 0.15) is 28.5 Å². The van der Waals surface area contributed by atoms with E-state index in [1.807, 2.05) is 44.3 Å². The van der Waals surface area contributed by atoms with Crippen LogP contribution in [0.3, 0.4) is 0 Å². The average molecular weight is 345 g/mol. The molecule has 3 aromatic rings. The second kappa shape index (κ2) is 7.34. The van der Waals surface area contributed by atoms with Gasteiger partial charge >= 0.3 is 5.97 Å². The molecule has 0 saturated heterocycles. The lowest BCUT2D eigenvalue weighted by Gasteiger charge is -2.20. The van der Waals surface area contributed by atoms with Gasteiger partial charge in [0, 0.05) is 17.5 Å². The molecule has 1 N–H and O–H groups in total. The van der Waals surface area contributed by atoms with E-state index in [9.17, 15) is 15.2 Å². The lowest BCUT2D eigenvalue weighted by Crippen LogP contribution is -2.19. The molecule has 130 valence electrons. The Hall–Kier alpha value is -3.23. The summed E-state index contributed by atoms with van der Waals surface area (Å²) in [5.41, 5.74) is 3.44. The number of hydrogen-bond acceptors (Lipinski definition) is 4. The zero-order valence-corrected chi connectivity index (χ0v) is 14.7. The van der Waals surface area contributed by atoms with E-state index >= 15 is 0 Å². The van der Waals surface area contributed by atoms with Gasteiger partial charge in [0.05, 0.1) is 17.1 Å². The number of nitriles is 1. The Bertz CT molecular complexity index is 1010. The molecule has 0 saturated carbocycles. The van der Waals surface area contributed by atoms with Crippen LogP contribution in [0.15, 0.2) is 48.5 Å². The van der Waals surface area contributed by atoms with Gasteiger partial charge in [0.25, 0.3) is 0 Å². The number of carbonyl (C=O) groups is 1. The summed E-state index contributed by atoms with van der Waals surface area (Å²) in [5.74, 6) is -1.06. The Labute approximate surface area is 152 Å². The number of aromatic nitrogens is 1. The van der Waals surface area contributed by atoms with Gasteiger partial charge in [-0.1, -0.05) is 37.3 Å². The number of carboxylic acid groups (broad SMARTS) is 1. The molecule has 0 atom stereocenters. The molecule has 3 rings (SSSR count). The van der Waals surface area contributed by atoms with Crippen molar-refractivity contribution in [3.8, 4) is 17.2 Å². The van der Waals surface area contributed by atoms with E-state index in [0.717, 1.165) is 23.1 Å². The van der Waals surface area contributed by atoms with Crippen molar-refractivity contribution in [3.05, 3.63) is 65.4 Å². The predicted molar refractivity (Wildman–Crippen MR) is 101 cm³/mol. The molecule has 0 amide bonds. The highest BCUT2D eigenvalue weighted by Crippen LogP contribution is 2.33. The molecular formula is C21H19N3O2. The number of benzene rings is 2. The maximum atomic E-state index is 11.9. The van der Waals surface area contributed by atoms with Crippen molar-refractivity contribution in [2.75, 3.05) is 13.6 Å². The second-order valence-corrected chi connectivity index (χ2v) is 6.16. The minimum absolute atomic E-state index is 0.0351. The molecular weight excluding hydrogens is 326 g/mol. The molecule has 1 heterocycles. The molecule has 1 aromatic heterocycles. The zero-order chi connectivity index (χ0) is 18.7. The van der Waals surface area contributed by atoms with Gasteiger partial charge in [0.15, 0.2) is 5.69 Å². The average Bonchev–Trinajstić information content (AvgIpc) is 2.67. The first kappa shape index (κ1) is 17.6. The van der Waals surface area contributed by atoms with Crippen molar-refractivity contribution >= 4 is 16.9 Å².